The first-order valence-corrected chi connectivity index (χ1v) is 8.56. The summed E-state index contributed by atoms with van der Waals surface area (Å²) in [5.74, 6) is 0.290. The number of methoxy groups -OCH3 is 1. The summed E-state index contributed by atoms with van der Waals surface area (Å²) < 4.78 is 16.3. The van der Waals surface area contributed by atoms with Gasteiger partial charge in [-0.25, -0.2) is 4.79 Å². The highest BCUT2D eigenvalue weighted by atomic mass is 79.9. The fraction of sp³-hybridized carbons (Fsp3) is 0.529. The topological polar surface area (TPSA) is 73.9 Å². The molecule has 1 rings (SSSR count). The average molecular weight is 402 g/mol. The number of halogens is 1. The highest BCUT2D eigenvalue weighted by Crippen LogP contribution is 2.36. The number of esters is 1. The van der Waals surface area contributed by atoms with Crippen LogP contribution in [-0.2, 0) is 9.53 Å². The van der Waals surface area contributed by atoms with Gasteiger partial charge in [0.1, 0.15) is 0 Å². The van der Waals surface area contributed by atoms with Crippen LogP contribution in [0.25, 0.3) is 0 Å². The normalized spacial score (nSPS) is 11.8. The molecular weight excluding hydrogens is 378 g/mol. The van der Waals surface area contributed by atoms with Crippen molar-refractivity contribution in [3.8, 4) is 11.5 Å². The Balaban J connectivity index is 2.75. The SMILES string of the molecule is CCOc1c(Br)cc(C(=O)OCC(=O)N[C@H](C)C(C)C)cc1OC. The summed E-state index contributed by atoms with van der Waals surface area (Å²) in [4.78, 5) is 23.9. The van der Waals surface area contributed by atoms with E-state index in [1.807, 2.05) is 27.7 Å². The fourth-order valence-corrected chi connectivity index (χ4v) is 2.36. The van der Waals surface area contributed by atoms with Gasteiger partial charge in [0.2, 0.25) is 0 Å². The molecule has 0 radical (unpaired) electrons. The van der Waals surface area contributed by atoms with Crippen LogP contribution in [0.4, 0.5) is 0 Å². The van der Waals surface area contributed by atoms with Gasteiger partial charge in [-0.2, -0.15) is 0 Å². The molecule has 7 heteroatoms. The fourth-order valence-electron chi connectivity index (χ4n) is 1.80. The Morgan fingerprint density at radius 1 is 1.25 bits per heavy atom. The molecule has 0 saturated carbocycles. The molecule has 0 heterocycles. The van der Waals surface area contributed by atoms with Gasteiger partial charge >= 0.3 is 5.97 Å². The van der Waals surface area contributed by atoms with E-state index in [1.165, 1.54) is 13.2 Å². The summed E-state index contributed by atoms with van der Waals surface area (Å²) in [7, 11) is 1.49. The van der Waals surface area contributed by atoms with Crippen LogP contribution in [0.3, 0.4) is 0 Å². The number of ether oxygens (including phenoxy) is 3. The minimum Gasteiger partial charge on any atom is -0.493 e. The number of hydrogen-bond acceptors (Lipinski definition) is 5. The van der Waals surface area contributed by atoms with Crippen molar-refractivity contribution in [1.82, 2.24) is 5.32 Å². The third-order valence-electron chi connectivity index (χ3n) is 3.48. The summed E-state index contributed by atoms with van der Waals surface area (Å²) >= 11 is 3.34. The second-order valence-electron chi connectivity index (χ2n) is 5.60. The highest BCUT2D eigenvalue weighted by molar-refractivity contribution is 9.10. The van der Waals surface area contributed by atoms with Crippen LogP contribution in [0, 0.1) is 5.92 Å². The van der Waals surface area contributed by atoms with Gasteiger partial charge in [-0.05, 0) is 47.8 Å². The van der Waals surface area contributed by atoms with Gasteiger partial charge in [-0.15, -0.1) is 0 Å². The second kappa shape index (κ2) is 9.52. The van der Waals surface area contributed by atoms with Crippen LogP contribution in [-0.4, -0.2) is 38.2 Å². The van der Waals surface area contributed by atoms with Crippen molar-refractivity contribution in [3.63, 3.8) is 0 Å². The number of amides is 1. The summed E-state index contributed by atoms with van der Waals surface area (Å²) in [6, 6.07) is 3.10. The van der Waals surface area contributed by atoms with Crippen LogP contribution in [0.1, 0.15) is 38.1 Å². The summed E-state index contributed by atoms with van der Waals surface area (Å²) in [5, 5.41) is 2.78. The molecule has 0 fully saturated rings. The molecule has 1 amide bonds. The molecule has 0 aromatic heterocycles. The predicted molar refractivity (Wildman–Crippen MR) is 94.6 cm³/mol. The van der Waals surface area contributed by atoms with E-state index in [9.17, 15) is 9.59 Å². The monoisotopic (exact) mass is 401 g/mol. The molecule has 0 aliphatic rings. The Hall–Kier alpha value is -1.76. The van der Waals surface area contributed by atoms with Gasteiger partial charge in [0.05, 0.1) is 23.8 Å². The van der Waals surface area contributed by atoms with E-state index in [1.54, 1.807) is 6.07 Å². The van der Waals surface area contributed by atoms with Crippen molar-refractivity contribution in [2.75, 3.05) is 20.3 Å². The van der Waals surface area contributed by atoms with Crippen molar-refractivity contribution in [2.45, 2.75) is 33.7 Å². The van der Waals surface area contributed by atoms with E-state index in [2.05, 4.69) is 21.2 Å². The van der Waals surface area contributed by atoms with Gasteiger partial charge in [-0.1, -0.05) is 13.8 Å². The molecule has 134 valence electrons. The zero-order chi connectivity index (χ0) is 18.3. The van der Waals surface area contributed by atoms with Gasteiger partial charge < -0.3 is 19.5 Å². The van der Waals surface area contributed by atoms with E-state index < -0.39 is 5.97 Å². The molecule has 0 unspecified atom stereocenters. The first kappa shape index (κ1) is 20.3. The molecule has 6 nitrogen and oxygen atoms in total. The minimum atomic E-state index is -0.607. The van der Waals surface area contributed by atoms with Crippen molar-refractivity contribution in [1.29, 1.82) is 0 Å². The van der Waals surface area contributed by atoms with E-state index in [0.717, 1.165) is 0 Å². The molecule has 24 heavy (non-hydrogen) atoms. The zero-order valence-electron chi connectivity index (χ0n) is 14.6. The maximum absolute atomic E-state index is 12.1. The molecule has 1 aromatic rings. The van der Waals surface area contributed by atoms with Crippen LogP contribution in [0.2, 0.25) is 0 Å². The Kier molecular flexibility index (Phi) is 8.04. The van der Waals surface area contributed by atoms with E-state index in [4.69, 9.17) is 14.2 Å². The van der Waals surface area contributed by atoms with Crippen LogP contribution < -0.4 is 14.8 Å². The quantitative estimate of drug-likeness (QED) is 0.677. The maximum atomic E-state index is 12.1. The molecule has 0 spiro atoms. The lowest BCUT2D eigenvalue weighted by Gasteiger charge is -2.17. The van der Waals surface area contributed by atoms with E-state index >= 15 is 0 Å². The zero-order valence-corrected chi connectivity index (χ0v) is 16.2. The largest absolute Gasteiger partial charge is 0.493 e. The number of carbonyl (C=O) groups is 2. The Morgan fingerprint density at radius 2 is 1.92 bits per heavy atom. The lowest BCUT2D eigenvalue weighted by Crippen LogP contribution is -2.38. The smallest absolute Gasteiger partial charge is 0.338 e. The minimum absolute atomic E-state index is 0.0101. The van der Waals surface area contributed by atoms with Crippen LogP contribution in [0.15, 0.2) is 16.6 Å². The van der Waals surface area contributed by atoms with Gasteiger partial charge in [-0.3, -0.25) is 4.79 Å². The van der Waals surface area contributed by atoms with Crippen molar-refractivity contribution in [3.05, 3.63) is 22.2 Å². The van der Waals surface area contributed by atoms with Crippen molar-refractivity contribution >= 4 is 27.8 Å². The van der Waals surface area contributed by atoms with Gasteiger partial charge in [0, 0.05) is 6.04 Å². The molecule has 0 saturated heterocycles. The molecule has 0 aliphatic heterocycles. The van der Waals surface area contributed by atoms with E-state index in [-0.39, 0.29) is 24.1 Å². The number of nitrogens with one attached hydrogen (secondary N) is 1. The standard InChI is InChI=1S/C17H24BrNO5/c1-6-23-16-13(18)7-12(8-14(16)22-5)17(21)24-9-15(20)19-11(4)10(2)3/h7-8,10-11H,6,9H2,1-5H3,(H,19,20)/t11-/m1/s1. The molecular formula is C17H24BrNO5. The first-order chi connectivity index (χ1) is 11.3. The van der Waals surface area contributed by atoms with Crippen molar-refractivity contribution < 1.29 is 23.8 Å². The molecule has 0 bridgehead atoms. The van der Waals surface area contributed by atoms with Gasteiger partial charge in [0.15, 0.2) is 18.1 Å². The van der Waals surface area contributed by atoms with E-state index in [0.29, 0.717) is 28.5 Å². The molecule has 0 aliphatic carbocycles. The summed E-state index contributed by atoms with van der Waals surface area (Å²) in [6.45, 7) is 7.89. The third-order valence-corrected chi connectivity index (χ3v) is 4.07. The molecule has 1 N–H and O–H groups in total. The Bertz CT molecular complexity index is 589. The number of benzene rings is 1. The molecule has 1 aromatic carbocycles. The predicted octanol–water partition coefficient (Wildman–Crippen LogP) is 3.17. The lowest BCUT2D eigenvalue weighted by atomic mass is 10.1. The molecule has 1 atom stereocenters. The lowest BCUT2D eigenvalue weighted by molar-refractivity contribution is -0.125. The summed E-state index contributed by atoms with van der Waals surface area (Å²) in [5.41, 5.74) is 0.270. The Labute approximate surface area is 151 Å². The van der Waals surface area contributed by atoms with Crippen molar-refractivity contribution in [2.24, 2.45) is 5.92 Å². The summed E-state index contributed by atoms with van der Waals surface area (Å²) in [6.07, 6.45) is 0. The third kappa shape index (κ3) is 5.70. The van der Waals surface area contributed by atoms with Gasteiger partial charge in [0.25, 0.3) is 5.91 Å². The number of rotatable bonds is 8. The average Bonchev–Trinajstić information content (AvgIpc) is 2.54. The number of hydrogen-bond donors (Lipinski definition) is 1. The highest BCUT2D eigenvalue weighted by Gasteiger charge is 2.18. The first-order valence-electron chi connectivity index (χ1n) is 7.76. The second-order valence-corrected chi connectivity index (χ2v) is 6.45. The van der Waals surface area contributed by atoms with Crippen LogP contribution in [0.5, 0.6) is 11.5 Å². The van der Waals surface area contributed by atoms with Crippen LogP contribution >= 0.6 is 15.9 Å². The maximum Gasteiger partial charge on any atom is 0.338 e. The Morgan fingerprint density at radius 3 is 2.46 bits per heavy atom. The number of carbonyl (C=O) groups excluding carboxylic acids is 2.